The maximum atomic E-state index is 5.93. The molecule has 2 rings (SSSR count). The average molecular weight is 343 g/mol. The SMILES string of the molecule is COc1ccc(CNCCN(C)C(C)C)cc1OCc1cccnc1. The highest BCUT2D eigenvalue weighted by atomic mass is 16.5. The van der Waals surface area contributed by atoms with Gasteiger partial charge in [-0.2, -0.15) is 0 Å². The fourth-order valence-electron chi connectivity index (χ4n) is 2.33. The number of methoxy groups -OCH3 is 1. The molecule has 0 amide bonds. The van der Waals surface area contributed by atoms with E-state index in [0.717, 1.165) is 36.7 Å². The minimum Gasteiger partial charge on any atom is -0.493 e. The summed E-state index contributed by atoms with van der Waals surface area (Å²) < 4.78 is 11.3. The summed E-state index contributed by atoms with van der Waals surface area (Å²) in [5.74, 6) is 1.50. The quantitative estimate of drug-likeness (QED) is 0.672. The zero-order chi connectivity index (χ0) is 18.1. The van der Waals surface area contributed by atoms with Crippen LogP contribution in [0.5, 0.6) is 11.5 Å². The van der Waals surface area contributed by atoms with Crippen molar-refractivity contribution in [3.8, 4) is 11.5 Å². The van der Waals surface area contributed by atoms with E-state index in [4.69, 9.17) is 9.47 Å². The Morgan fingerprint density at radius 3 is 2.68 bits per heavy atom. The molecule has 25 heavy (non-hydrogen) atoms. The summed E-state index contributed by atoms with van der Waals surface area (Å²) in [5.41, 5.74) is 2.21. The summed E-state index contributed by atoms with van der Waals surface area (Å²) in [6.07, 6.45) is 3.57. The molecule has 1 heterocycles. The van der Waals surface area contributed by atoms with E-state index in [2.05, 4.69) is 42.2 Å². The van der Waals surface area contributed by atoms with E-state index in [9.17, 15) is 0 Å². The van der Waals surface area contributed by atoms with Crippen LogP contribution in [0.15, 0.2) is 42.7 Å². The van der Waals surface area contributed by atoms with Gasteiger partial charge in [0.05, 0.1) is 7.11 Å². The van der Waals surface area contributed by atoms with E-state index < -0.39 is 0 Å². The lowest BCUT2D eigenvalue weighted by Gasteiger charge is -2.21. The van der Waals surface area contributed by atoms with Gasteiger partial charge in [-0.05, 0) is 44.7 Å². The number of ether oxygens (including phenoxy) is 2. The van der Waals surface area contributed by atoms with Gasteiger partial charge in [-0.25, -0.2) is 0 Å². The summed E-state index contributed by atoms with van der Waals surface area (Å²) in [7, 11) is 3.80. The average Bonchev–Trinajstić information content (AvgIpc) is 2.64. The van der Waals surface area contributed by atoms with Crippen LogP contribution in [0.25, 0.3) is 0 Å². The second-order valence-electron chi connectivity index (χ2n) is 6.39. The molecule has 1 N–H and O–H groups in total. The molecular weight excluding hydrogens is 314 g/mol. The first-order valence-corrected chi connectivity index (χ1v) is 8.69. The van der Waals surface area contributed by atoms with Gasteiger partial charge in [0.15, 0.2) is 11.5 Å². The monoisotopic (exact) mass is 343 g/mol. The Morgan fingerprint density at radius 1 is 1.16 bits per heavy atom. The second-order valence-corrected chi connectivity index (χ2v) is 6.39. The molecule has 0 radical (unpaired) electrons. The number of nitrogens with zero attached hydrogens (tertiary/aromatic N) is 2. The fourth-order valence-corrected chi connectivity index (χ4v) is 2.33. The van der Waals surface area contributed by atoms with Crippen molar-refractivity contribution in [2.75, 3.05) is 27.2 Å². The van der Waals surface area contributed by atoms with Crippen molar-refractivity contribution in [3.63, 3.8) is 0 Å². The van der Waals surface area contributed by atoms with Crippen LogP contribution in [-0.4, -0.2) is 43.2 Å². The maximum absolute atomic E-state index is 5.93. The summed E-state index contributed by atoms with van der Waals surface area (Å²) in [4.78, 5) is 6.43. The fraction of sp³-hybridized carbons (Fsp3) is 0.450. The molecule has 5 heteroatoms. The number of hydrogen-bond donors (Lipinski definition) is 1. The maximum Gasteiger partial charge on any atom is 0.161 e. The number of aromatic nitrogens is 1. The third-order valence-electron chi connectivity index (χ3n) is 4.20. The third-order valence-corrected chi connectivity index (χ3v) is 4.20. The highest BCUT2D eigenvalue weighted by molar-refractivity contribution is 5.43. The first-order chi connectivity index (χ1) is 12.1. The van der Waals surface area contributed by atoms with Crippen molar-refractivity contribution in [2.24, 2.45) is 0 Å². The van der Waals surface area contributed by atoms with Gasteiger partial charge in [-0.1, -0.05) is 12.1 Å². The molecule has 0 aliphatic heterocycles. The molecule has 136 valence electrons. The summed E-state index contributed by atoms with van der Waals surface area (Å²) >= 11 is 0. The van der Waals surface area contributed by atoms with Crippen molar-refractivity contribution >= 4 is 0 Å². The Bertz CT molecular complexity index is 632. The predicted molar refractivity (Wildman–Crippen MR) is 101 cm³/mol. The number of likely N-dealkylation sites (N-methyl/N-ethyl adjacent to an activating group) is 1. The molecule has 0 atom stereocenters. The standard InChI is InChI=1S/C20H29N3O2/c1-16(2)23(3)11-10-22-13-17-7-8-19(24-4)20(12-17)25-15-18-6-5-9-21-14-18/h5-9,12,14,16,22H,10-11,13,15H2,1-4H3. The topological polar surface area (TPSA) is 46.6 Å². The molecule has 0 bridgehead atoms. The molecule has 0 spiro atoms. The van der Waals surface area contributed by atoms with Crippen molar-refractivity contribution < 1.29 is 9.47 Å². The molecule has 0 saturated carbocycles. The lowest BCUT2D eigenvalue weighted by molar-refractivity contribution is 0.273. The molecular formula is C20H29N3O2. The molecule has 0 saturated heterocycles. The Balaban J connectivity index is 1.90. The van der Waals surface area contributed by atoms with Crippen molar-refractivity contribution in [1.29, 1.82) is 0 Å². The molecule has 1 aromatic carbocycles. The molecule has 0 aliphatic carbocycles. The smallest absolute Gasteiger partial charge is 0.161 e. The summed E-state index contributed by atoms with van der Waals surface area (Å²) in [6, 6.07) is 10.5. The lowest BCUT2D eigenvalue weighted by Crippen LogP contribution is -2.33. The largest absolute Gasteiger partial charge is 0.493 e. The number of benzene rings is 1. The zero-order valence-corrected chi connectivity index (χ0v) is 15.7. The summed E-state index contributed by atoms with van der Waals surface area (Å²) in [5, 5.41) is 3.48. The van der Waals surface area contributed by atoms with Crippen LogP contribution in [0.2, 0.25) is 0 Å². The van der Waals surface area contributed by atoms with Crippen molar-refractivity contribution in [3.05, 3.63) is 53.9 Å². The van der Waals surface area contributed by atoms with Gasteiger partial charge in [0, 0.05) is 43.6 Å². The Morgan fingerprint density at radius 2 is 2.00 bits per heavy atom. The molecule has 1 aromatic heterocycles. The van der Waals surface area contributed by atoms with Crippen LogP contribution in [0.1, 0.15) is 25.0 Å². The molecule has 2 aromatic rings. The van der Waals surface area contributed by atoms with Crippen LogP contribution in [0.3, 0.4) is 0 Å². The first kappa shape index (κ1) is 19.2. The Labute approximate surface area is 151 Å². The van der Waals surface area contributed by atoms with Gasteiger partial charge in [-0.15, -0.1) is 0 Å². The Kier molecular flexibility index (Phi) is 7.70. The normalized spacial score (nSPS) is 11.1. The van der Waals surface area contributed by atoms with Gasteiger partial charge in [0.2, 0.25) is 0 Å². The minimum atomic E-state index is 0.472. The van der Waals surface area contributed by atoms with E-state index in [1.54, 1.807) is 13.3 Å². The van der Waals surface area contributed by atoms with Gasteiger partial charge in [0.1, 0.15) is 6.61 Å². The highest BCUT2D eigenvalue weighted by Gasteiger charge is 2.07. The van der Waals surface area contributed by atoms with Crippen LogP contribution in [0, 0.1) is 0 Å². The number of pyridine rings is 1. The van der Waals surface area contributed by atoms with Gasteiger partial charge >= 0.3 is 0 Å². The second kappa shape index (κ2) is 10.0. The molecule has 0 fully saturated rings. The molecule has 0 unspecified atom stereocenters. The first-order valence-electron chi connectivity index (χ1n) is 8.69. The van der Waals surface area contributed by atoms with Gasteiger partial charge in [-0.3, -0.25) is 4.98 Å². The lowest BCUT2D eigenvalue weighted by atomic mass is 10.2. The van der Waals surface area contributed by atoms with Crippen LogP contribution >= 0.6 is 0 Å². The van der Waals surface area contributed by atoms with E-state index >= 15 is 0 Å². The van der Waals surface area contributed by atoms with Crippen LogP contribution in [0.4, 0.5) is 0 Å². The number of rotatable bonds is 10. The predicted octanol–water partition coefficient (Wildman–Crippen LogP) is 3.10. The van der Waals surface area contributed by atoms with Crippen LogP contribution in [-0.2, 0) is 13.2 Å². The van der Waals surface area contributed by atoms with E-state index in [1.807, 2.05) is 30.5 Å². The van der Waals surface area contributed by atoms with E-state index in [1.165, 1.54) is 5.56 Å². The van der Waals surface area contributed by atoms with E-state index in [0.29, 0.717) is 12.6 Å². The van der Waals surface area contributed by atoms with Crippen molar-refractivity contribution in [2.45, 2.75) is 33.0 Å². The zero-order valence-electron chi connectivity index (χ0n) is 15.7. The van der Waals surface area contributed by atoms with Gasteiger partial charge < -0.3 is 19.7 Å². The molecule has 0 aliphatic rings. The minimum absolute atomic E-state index is 0.472. The Hall–Kier alpha value is -2.11. The third kappa shape index (κ3) is 6.36. The summed E-state index contributed by atoms with van der Waals surface area (Å²) in [6.45, 7) is 7.66. The number of nitrogens with one attached hydrogen (secondary N) is 1. The van der Waals surface area contributed by atoms with Crippen LogP contribution < -0.4 is 14.8 Å². The van der Waals surface area contributed by atoms with Gasteiger partial charge in [0.25, 0.3) is 0 Å². The number of hydrogen-bond acceptors (Lipinski definition) is 5. The highest BCUT2D eigenvalue weighted by Crippen LogP contribution is 2.28. The van der Waals surface area contributed by atoms with Crippen molar-refractivity contribution in [1.82, 2.24) is 15.2 Å². The molecule has 5 nitrogen and oxygen atoms in total. The van der Waals surface area contributed by atoms with E-state index in [-0.39, 0.29) is 0 Å².